The molecule has 6 nitrogen and oxygen atoms in total. The monoisotopic (exact) mass is 376 g/mol. The number of hydrogen-bond donors (Lipinski definition) is 1. The second-order valence-corrected chi connectivity index (χ2v) is 5.78. The highest BCUT2D eigenvalue weighted by Crippen LogP contribution is 2.30. The van der Waals surface area contributed by atoms with Gasteiger partial charge in [0.2, 0.25) is 0 Å². The molecule has 2 aromatic carbocycles. The molecule has 28 heavy (non-hydrogen) atoms. The van der Waals surface area contributed by atoms with E-state index in [-0.39, 0.29) is 17.9 Å². The summed E-state index contributed by atoms with van der Waals surface area (Å²) in [5, 5.41) is 11.7. The molecule has 0 bridgehead atoms. The van der Waals surface area contributed by atoms with Gasteiger partial charge in [-0.1, -0.05) is 30.3 Å². The fraction of sp³-hybridized carbons (Fsp3) is 0.136. The number of esters is 1. The van der Waals surface area contributed by atoms with E-state index in [0.29, 0.717) is 16.9 Å². The van der Waals surface area contributed by atoms with Crippen LogP contribution in [0.2, 0.25) is 0 Å². The van der Waals surface area contributed by atoms with Gasteiger partial charge in [-0.25, -0.2) is 4.79 Å². The third-order valence-electron chi connectivity index (χ3n) is 3.84. The summed E-state index contributed by atoms with van der Waals surface area (Å²) in [5.74, 6) is -0.459. The Morgan fingerprint density at radius 2 is 1.96 bits per heavy atom. The van der Waals surface area contributed by atoms with E-state index in [1.807, 2.05) is 25.1 Å². The lowest BCUT2D eigenvalue weighted by Crippen LogP contribution is -2.24. The summed E-state index contributed by atoms with van der Waals surface area (Å²) in [6, 6.07) is 13.7. The summed E-state index contributed by atoms with van der Waals surface area (Å²) in [7, 11) is 1.44. The highest BCUT2D eigenvalue weighted by molar-refractivity contribution is 6.01. The minimum absolute atomic E-state index is 0.0615. The first-order valence-corrected chi connectivity index (χ1v) is 8.47. The van der Waals surface area contributed by atoms with Crippen LogP contribution in [0.3, 0.4) is 0 Å². The van der Waals surface area contributed by atoms with Crippen LogP contribution in [0, 0.1) is 18.3 Å². The van der Waals surface area contributed by atoms with Gasteiger partial charge in [-0.15, -0.1) is 6.58 Å². The zero-order chi connectivity index (χ0) is 20.5. The molecule has 1 N–H and O–H groups in total. The lowest BCUT2D eigenvalue weighted by molar-refractivity contribution is -0.116. The quantitative estimate of drug-likeness (QED) is 0.263. The summed E-state index contributed by atoms with van der Waals surface area (Å²) >= 11 is 0. The molecule has 0 saturated carbocycles. The van der Waals surface area contributed by atoms with Gasteiger partial charge in [0.25, 0.3) is 5.91 Å². The van der Waals surface area contributed by atoms with Crippen molar-refractivity contribution in [2.24, 2.45) is 0 Å². The molecule has 0 saturated heterocycles. The van der Waals surface area contributed by atoms with E-state index >= 15 is 0 Å². The molecule has 0 aliphatic heterocycles. The van der Waals surface area contributed by atoms with Crippen molar-refractivity contribution in [3.05, 3.63) is 77.4 Å². The van der Waals surface area contributed by atoms with Crippen LogP contribution >= 0.6 is 0 Å². The van der Waals surface area contributed by atoms with Crippen LogP contribution in [0.4, 0.5) is 0 Å². The third-order valence-corrected chi connectivity index (χ3v) is 3.84. The van der Waals surface area contributed by atoms with Gasteiger partial charge in [-0.3, -0.25) is 4.79 Å². The summed E-state index contributed by atoms with van der Waals surface area (Å²) in [4.78, 5) is 24.4. The second kappa shape index (κ2) is 9.74. The van der Waals surface area contributed by atoms with Crippen molar-refractivity contribution in [2.75, 3.05) is 13.7 Å². The Hall–Kier alpha value is -3.85. The zero-order valence-electron chi connectivity index (χ0n) is 15.7. The van der Waals surface area contributed by atoms with Crippen molar-refractivity contribution in [3.63, 3.8) is 0 Å². The molecule has 0 fully saturated rings. The molecule has 6 heteroatoms. The van der Waals surface area contributed by atoms with Crippen molar-refractivity contribution in [3.8, 4) is 17.6 Å². The normalized spacial score (nSPS) is 10.5. The first-order valence-electron chi connectivity index (χ1n) is 8.47. The molecule has 2 rings (SSSR count). The van der Waals surface area contributed by atoms with Crippen molar-refractivity contribution < 1.29 is 19.1 Å². The number of nitrogens with zero attached hydrogens (tertiary/aromatic N) is 1. The topological polar surface area (TPSA) is 88.4 Å². The Morgan fingerprint density at radius 3 is 2.61 bits per heavy atom. The van der Waals surface area contributed by atoms with E-state index in [1.54, 1.807) is 30.3 Å². The number of benzene rings is 2. The minimum atomic E-state index is -0.503. The van der Waals surface area contributed by atoms with Crippen LogP contribution in [0.5, 0.6) is 11.5 Å². The molecule has 0 unspecified atom stereocenters. The van der Waals surface area contributed by atoms with Crippen LogP contribution in [0.25, 0.3) is 6.08 Å². The van der Waals surface area contributed by atoms with E-state index in [1.165, 1.54) is 19.3 Å². The molecule has 0 aromatic heterocycles. The van der Waals surface area contributed by atoms with Gasteiger partial charge in [0.1, 0.15) is 11.6 Å². The van der Waals surface area contributed by atoms with Crippen molar-refractivity contribution >= 4 is 18.0 Å². The number of amides is 1. The van der Waals surface area contributed by atoms with Gasteiger partial charge in [0, 0.05) is 6.54 Å². The Labute approximate surface area is 163 Å². The summed E-state index contributed by atoms with van der Waals surface area (Å²) in [6.07, 6.45) is 2.95. The Balaban J connectivity index is 2.26. The second-order valence-electron chi connectivity index (χ2n) is 5.78. The lowest BCUT2D eigenvalue weighted by Gasteiger charge is -2.11. The molecule has 0 atom stereocenters. The van der Waals surface area contributed by atoms with Crippen LogP contribution in [0.1, 0.15) is 21.5 Å². The number of ether oxygens (including phenoxy) is 2. The maximum Gasteiger partial charge on any atom is 0.343 e. The average Bonchev–Trinajstić information content (AvgIpc) is 2.71. The van der Waals surface area contributed by atoms with Gasteiger partial charge in [-0.05, 0) is 42.3 Å². The van der Waals surface area contributed by atoms with E-state index in [0.717, 1.165) is 5.56 Å². The number of aryl methyl sites for hydroxylation is 1. The molecule has 142 valence electrons. The molecule has 0 spiro atoms. The van der Waals surface area contributed by atoms with Gasteiger partial charge in [0.15, 0.2) is 11.5 Å². The van der Waals surface area contributed by atoms with Crippen LogP contribution in [-0.4, -0.2) is 25.5 Å². The fourth-order valence-corrected chi connectivity index (χ4v) is 2.39. The zero-order valence-corrected chi connectivity index (χ0v) is 15.7. The van der Waals surface area contributed by atoms with E-state index in [9.17, 15) is 14.9 Å². The van der Waals surface area contributed by atoms with E-state index in [2.05, 4.69) is 11.9 Å². The first kappa shape index (κ1) is 20.5. The van der Waals surface area contributed by atoms with Crippen LogP contribution in [0.15, 0.2) is 60.7 Å². The van der Waals surface area contributed by atoms with E-state index < -0.39 is 11.9 Å². The fourth-order valence-electron chi connectivity index (χ4n) is 2.39. The molecule has 1 amide bonds. The number of carbonyl (C=O) groups is 2. The maximum absolute atomic E-state index is 12.4. The molecular weight excluding hydrogens is 356 g/mol. The van der Waals surface area contributed by atoms with E-state index in [4.69, 9.17) is 9.47 Å². The largest absolute Gasteiger partial charge is 0.493 e. The minimum Gasteiger partial charge on any atom is -0.493 e. The summed E-state index contributed by atoms with van der Waals surface area (Å²) in [5.41, 5.74) is 1.75. The van der Waals surface area contributed by atoms with Crippen LogP contribution in [-0.2, 0) is 4.79 Å². The molecule has 0 heterocycles. The van der Waals surface area contributed by atoms with Gasteiger partial charge < -0.3 is 14.8 Å². The number of nitriles is 1. The molecule has 0 aliphatic rings. The molecule has 0 aliphatic carbocycles. The number of methoxy groups -OCH3 is 1. The van der Waals surface area contributed by atoms with Gasteiger partial charge in [-0.2, -0.15) is 5.26 Å². The van der Waals surface area contributed by atoms with Gasteiger partial charge in [0.05, 0.1) is 12.7 Å². The Bertz CT molecular complexity index is 971. The number of carbonyl (C=O) groups excluding carboxylic acids is 2. The highest BCUT2D eigenvalue weighted by Gasteiger charge is 2.15. The molecular formula is C22H20N2O4. The predicted octanol–water partition coefficient (Wildman–Crippen LogP) is 3.43. The summed E-state index contributed by atoms with van der Waals surface area (Å²) in [6.45, 7) is 5.59. The smallest absolute Gasteiger partial charge is 0.343 e. The number of hydrogen-bond acceptors (Lipinski definition) is 5. The first-order chi connectivity index (χ1) is 13.5. The van der Waals surface area contributed by atoms with Crippen molar-refractivity contribution in [1.82, 2.24) is 5.32 Å². The van der Waals surface area contributed by atoms with Crippen LogP contribution < -0.4 is 14.8 Å². The molecule has 2 aromatic rings. The maximum atomic E-state index is 12.4. The molecule has 0 radical (unpaired) electrons. The van der Waals surface area contributed by atoms with Crippen molar-refractivity contribution in [1.29, 1.82) is 5.26 Å². The SMILES string of the molecule is C=CCNC(=O)C(C#N)=Cc1ccc(OC(=O)c2ccccc2C)c(OC)c1. The lowest BCUT2D eigenvalue weighted by atomic mass is 10.1. The Kier molecular flexibility index (Phi) is 7.12. The van der Waals surface area contributed by atoms with Crippen molar-refractivity contribution in [2.45, 2.75) is 6.92 Å². The Morgan fingerprint density at radius 1 is 1.21 bits per heavy atom. The van der Waals surface area contributed by atoms with Gasteiger partial charge >= 0.3 is 5.97 Å². The third kappa shape index (κ3) is 5.08. The number of nitrogens with one attached hydrogen (secondary N) is 1. The average molecular weight is 376 g/mol. The standard InChI is InChI=1S/C22H20N2O4/c1-4-11-24-21(25)17(14-23)12-16-9-10-19(20(13-16)27-3)28-22(26)18-8-6-5-7-15(18)2/h4-10,12-13H,1,11H2,2-3H3,(H,24,25). The highest BCUT2D eigenvalue weighted by atomic mass is 16.6. The summed E-state index contributed by atoms with van der Waals surface area (Å²) < 4.78 is 10.7. The number of rotatable bonds is 7. The predicted molar refractivity (Wildman–Crippen MR) is 106 cm³/mol.